The molecule has 0 aromatic heterocycles. The van der Waals surface area contributed by atoms with Gasteiger partial charge in [0.15, 0.2) is 0 Å². The number of nitrogens with two attached hydrogens (primary N) is 1. The first-order valence-corrected chi connectivity index (χ1v) is 5.85. The van der Waals surface area contributed by atoms with Crippen LogP contribution in [0, 0.1) is 5.41 Å². The maximum Gasteiger partial charge on any atom is 0.237 e. The van der Waals surface area contributed by atoms with Crippen molar-refractivity contribution in [2.45, 2.75) is 66.0 Å². The first kappa shape index (κ1) is 14.4. The molecule has 2 atom stereocenters. The van der Waals surface area contributed by atoms with E-state index in [1.165, 1.54) is 0 Å². The minimum atomic E-state index is -0.429. The molecule has 0 rings (SSSR count). The van der Waals surface area contributed by atoms with Crippen LogP contribution >= 0.6 is 0 Å². The second-order valence-electron chi connectivity index (χ2n) is 5.40. The molecule has 3 heteroatoms. The standard InChI is InChI=1S/C12H26N2O/c1-6-7-8-9(2)14-11(15)10(13)12(3,4)5/h9-10H,6-8,13H2,1-5H3,(H,14,15)/t9?,10-/m0/s1. The molecule has 0 heterocycles. The Labute approximate surface area is 93.8 Å². The van der Waals surface area contributed by atoms with Crippen molar-refractivity contribution < 1.29 is 4.79 Å². The third-order valence-corrected chi connectivity index (χ3v) is 2.59. The van der Waals surface area contributed by atoms with Gasteiger partial charge in [0.05, 0.1) is 6.04 Å². The van der Waals surface area contributed by atoms with E-state index in [0.717, 1.165) is 19.3 Å². The quantitative estimate of drug-likeness (QED) is 0.736. The minimum Gasteiger partial charge on any atom is -0.352 e. The van der Waals surface area contributed by atoms with E-state index < -0.39 is 6.04 Å². The van der Waals surface area contributed by atoms with Crippen LogP contribution in [0.2, 0.25) is 0 Å². The molecule has 0 bridgehead atoms. The molecule has 3 nitrogen and oxygen atoms in total. The first-order valence-electron chi connectivity index (χ1n) is 5.85. The molecule has 0 saturated carbocycles. The van der Waals surface area contributed by atoms with Crippen molar-refractivity contribution in [2.24, 2.45) is 11.1 Å². The highest BCUT2D eigenvalue weighted by Gasteiger charge is 2.27. The van der Waals surface area contributed by atoms with Crippen LogP contribution in [0.25, 0.3) is 0 Å². The average Bonchev–Trinajstić information content (AvgIpc) is 2.11. The molecule has 0 aromatic rings. The summed E-state index contributed by atoms with van der Waals surface area (Å²) in [7, 11) is 0. The lowest BCUT2D eigenvalue weighted by molar-refractivity contribution is -0.125. The molecule has 0 radical (unpaired) electrons. The summed E-state index contributed by atoms with van der Waals surface area (Å²) in [6.45, 7) is 10.1. The van der Waals surface area contributed by atoms with Gasteiger partial charge in [0.2, 0.25) is 5.91 Å². The van der Waals surface area contributed by atoms with Crippen LogP contribution in [0.1, 0.15) is 53.9 Å². The highest BCUT2D eigenvalue weighted by Crippen LogP contribution is 2.17. The van der Waals surface area contributed by atoms with Crippen LogP contribution in [-0.4, -0.2) is 18.0 Å². The number of hydrogen-bond donors (Lipinski definition) is 2. The zero-order chi connectivity index (χ0) is 12.1. The summed E-state index contributed by atoms with van der Waals surface area (Å²) >= 11 is 0. The smallest absolute Gasteiger partial charge is 0.237 e. The summed E-state index contributed by atoms with van der Waals surface area (Å²) in [5.74, 6) is -0.0360. The van der Waals surface area contributed by atoms with Crippen molar-refractivity contribution in [3.63, 3.8) is 0 Å². The molecule has 0 fully saturated rings. The summed E-state index contributed by atoms with van der Waals surface area (Å²) in [5.41, 5.74) is 5.69. The van der Waals surface area contributed by atoms with Gasteiger partial charge in [0.25, 0.3) is 0 Å². The maximum absolute atomic E-state index is 11.7. The van der Waals surface area contributed by atoms with Crippen molar-refractivity contribution in [1.29, 1.82) is 0 Å². The minimum absolute atomic E-state index is 0.0360. The van der Waals surface area contributed by atoms with E-state index in [1.807, 2.05) is 27.7 Å². The number of nitrogens with one attached hydrogen (secondary N) is 1. The van der Waals surface area contributed by atoms with Gasteiger partial charge in [-0.3, -0.25) is 4.79 Å². The van der Waals surface area contributed by atoms with Gasteiger partial charge >= 0.3 is 0 Å². The Morgan fingerprint density at radius 1 is 1.40 bits per heavy atom. The molecule has 3 N–H and O–H groups in total. The van der Waals surface area contributed by atoms with Crippen LogP contribution in [0.15, 0.2) is 0 Å². The predicted molar refractivity (Wildman–Crippen MR) is 64.6 cm³/mol. The highest BCUT2D eigenvalue weighted by molar-refractivity contribution is 5.82. The van der Waals surface area contributed by atoms with Crippen LogP contribution in [0.3, 0.4) is 0 Å². The topological polar surface area (TPSA) is 55.1 Å². The summed E-state index contributed by atoms with van der Waals surface area (Å²) < 4.78 is 0. The van der Waals surface area contributed by atoms with Crippen LogP contribution in [0.4, 0.5) is 0 Å². The number of rotatable bonds is 5. The second-order valence-corrected chi connectivity index (χ2v) is 5.40. The van der Waals surface area contributed by atoms with Crippen LogP contribution < -0.4 is 11.1 Å². The van der Waals surface area contributed by atoms with Gasteiger partial charge < -0.3 is 11.1 Å². The lowest BCUT2D eigenvalue weighted by Crippen LogP contribution is -2.50. The molecule has 0 aliphatic rings. The zero-order valence-electron chi connectivity index (χ0n) is 10.8. The predicted octanol–water partition coefficient (Wildman–Crippen LogP) is 2.05. The summed E-state index contributed by atoms with van der Waals surface area (Å²) in [4.78, 5) is 11.7. The van der Waals surface area contributed by atoms with E-state index in [-0.39, 0.29) is 17.4 Å². The molecular formula is C12H26N2O. The van der Waals surface area contributed by atoms with Gasteiger partial charge in [-0.2, -0.15) is 0 Å². The molecule has 90 valence electrons. The zero-order valence-corrected chi connectivity index (χ0v) is 10.8. The van der Waals surface area contributed by atoms with Gasteiger partial charge in [-0.05, 0) is 18.8 Å². The number of hydrogen-bond acceptors (Lipinski definition) is 2. The third kappa shape index (κ3) is 5.78. The Bertz CT molecular complexity index is 196. The fraction of sp³-hybridized carbons (Fsp3) is 0.917. The lowest BCUT2D eigenvalue weighted by Gasteiger charge is -2.27. The molecule has 0 spiro atoms. The van der Waals surface area contributed by atoms with E-state index >= 15 is 0 Å². The van der Waals surface area contributed by atoms with E-state index in [4.69, 9.17) is 5.73 Å². The van der Waals surface area contributed by atoms with Crippen LogP contribution in [-0.2, 0) is 4.79 Å². The second kappa shape index (κ2) is 6.11. The normalized spacial score (nSPS) is 15.9. The Balaban J connectivity index is 4.02. The Morgan fingerprint density at radius 2 is 1.93 bits per heavy atom. The molecule has 0 aliphatic heterocycles. The highest BCUT2D eigenvalue weighted by atomic mass is 16.2. The SMILES string of the molecule is CCCCC(C)NC(=O)[C@H](N)C(C)(C)C. The molecule has 1 amide bonds. The van der Waals surface area contributed by atoms with E-state index in [1.54, 1.807) is 0 Å². The lowest BCUT2D eigenvalue weighted by atomic mass is 9.87. The molecule has 1 unspecified atom stereocenters. The molecule has 0 saturated heterocycles. The van der Waals surface area contributed by atoms with E-state index in [9.17, 15) is 4.79 Å². The molecule has 0 aromatic carbocycles. The number of unbranched alkanes of at least 4 members (excludes halogenated alkanes) is 1. The Morgan fingerprint density at radius 3 is 2.33 bits per heavy atom. The molecular weight excluding hydrogens is 188 g/mol. The van der Waals surface area contributed by atoms with Crippen molar-refractivity contribution in [3.8, 4) is 0 Å². The average molecular weight is 214 g/mol. The van der Waals surface area contributed by atoms with Crippen molar-refractivity contribution in [3.05, 3.63) is 0 Å². The number of amides is 1. The van der Waals surface area contributed by atoms with Crippen molar-refractivity contribution in [2.75, 3.05) is 0 Å². The Kier molecular flexibility index (Phi) is 5.88. The fourth-order valence-corrected chi connectivity index (χ4v) is 1.31. The fourth-order valence-electron chi connectivity index (χ4n) is 1.31. The third-order valence-electron chi connectivity index (χ3n) is 2.59. The first-order chi connectivity index (χ1) is 6.79. The van der Waals surface area contributed by atoms with Crippen LogP contribution in [0.5, 0.6) is 0 Å². The number of carbonyl (C=O) groups excluding carboxylic acids is 1. The number of carbonyl (C=O) groups is 1. The summed E-state index contributed by atoms with van der Waals surface area (Å²) in [6.07, 6.45) is 3.33. The van der Waals surface area contributed by atoms with Gasteiger partial charge in [0.1, 0.15) is 0 Å². The van der Waals surface area contributed by atoms with E-state index in [2.05, 4.69) is 12.2 Å². The van der Waals surface area contributed by atoms with Crippen molar-refractivity contribution >= 4 is 5.91 Å². The Hall–Kier alpha value is -0.570. The van der Waals surface area contributed by atoms with Gasteiger partial charge in [-0.1, -0.05) is 40.5 Å². The molecule has 15 heavy (non-hydrogen) atoms. The van der Waals surface area contributed by atoms with Gasteiger partial charge in [-0.25, -0.2) is 0 Å². The summed E-state index contributed by atoms with van der Waals surface area (Å²) in [5, 5.41) is 2.96. The largest absolute Gasteiger partial charge is 0.352 e. The van der Waals surface area contributed by atoms with Gasteiger partial charge in [0, 0.05) is 6.04 Å². The van der Waals surface area contributed by atoms with Crippen molar-refractivity contribution in [1.82, 2.24) is 5.32 Å². The van der Waals surface area contributed by atoms with Gasteiger partial charge in [-0.15, -0.1) is 0 Å². The maximum atomic E-state index is 11.7. The summed E-state index contributed by atoms with van der Waals surface area (Å²) in [6, 6.07) is -0.201. The monoisotopic (exact) mass is 214 g/mol. The van der Waals surface area contributed by atoms with E-state index in [0.29, 0.717) is 0 Å². The molecule has 0 aliphatic carbocycles.